The van der Waals surface area contributed by atoms with Crippen LogP contribution < -0.4 is 4.57 Å². The zero-order valence-corrected chi connectivity index (χ0v) is 23.5. The molecule has 2 heteroatoms. The van der Waals surface area contributed by atoms with Crippen LogP contribution in [0.25, 0.3) is 0 Å². The molecule has 1 aromatic carbocycles. The third-order valence-electron chi connectivity index (χ3n) is 7.55. The van der Waals surface area contributed by atoms with Gasteiger partial charge in [-0.25, -0.2) is 9.13 Å². The molecule has 0 saturated carbocycles. The monoisotopic (exact) mass is 481 g/mol. The summed E-state index contributed by atoms with van der Waals surface area (Å²) in [6.07, 6.45) is 32.5. The van der Waals surface area contributed by atoms with Crippen LogP contribution in [0.15, 0.2) is 42.7 Å². The summed E-state index contributed by atoms with van der Waals surface area (Å²) >= 11 is 0. The van der Waals surface area contributed by atoms with Crippen LogP contribution >= 0.6 is 0 Å². The minimum absolute atomic E-state index is 1.04. The van der Waals surface area contributed by atoms with E-state index in [2.05, 4.69) is 65.7 Å². The summed E-state index contributed by atoms with van der Waals surface area (Å²) in [7, 11) is 0. The number of imidazole rings is 1. The molecule has 0 aliphatic rings. The molecule has 0 saturated heterocycles. The SMILES string of the molecule is CCCCCCCCCCCCCCCCCC[n+]1ccn(CCCCC)c1Cc1ccccc1. The highest BCUT2D eigenvalue weighted by molar-refractivity contribution is 5.18. The summed E-state index contributed by atoms with van der Waals surface area (Å²) in [5.41, 5.74) is 1.42. The van der Waals surface area contributed by atoms with E-state index in [9.17, 15) is 0 Å². The molecular weight excluding hydrogens is 424 g/mol. The van der Waals surface area contributed by atoms with Gasteiger partial charge < -0.3 is 0 Å². The molecule has 1 heterocycles. The van der Waals surface area contributed by atoms with Gasteiger partial charge in [-0.2, -0.15) is 0 Å². The Balaban J connectivity index is 1.54. The summed E-state index contributed by atoms with van der Waals surface area (Å²) in [6, 6.07) is 11.0. The van der Waals surface area contributed by atoms with Gasteiger partial charge in [0.1, 0.15) is 12.4 Å². The molecule has 1 aromatic heterocycles. The average Bonchev–Trinajstić information content (AvgIpc) is 3.25. The van der Waals surface area contributed by atoms with E-state index < -0.39 is 0 Å². The molecule has 0 amide bonds. The van der Waals surface area contributed by atoms with E-state index in [0.29, 0.717) is 0 Å². The van der Waals surface area contributed by atoms with Gasteiger partial charge in [-0.15, -0.1) is 0 Å². The molecule has 35 heavy (non-hydrogen) atoms. The number of hydrogen-bond acceptors (Lipinski definition) is 0. The highest BCUT2D eigenvalue weighted by atomic mass is 15.1. The van der Waals surface area contributed by atoms with Gasteiger partial charge in [0, 0.05) is 0 Å². The summed E-state index contributed by atoms with van der Waals surface area (Å²) in [4.78, 5) is 0. The van der Waals surface area contributed by atoms with Crippen LogP contribution in [0.1, 0.15) is 147 Å². The minimum Gasteiger partial charge on any atom is -0.234 e. The van der Waals surface area contributed by atoms with Crippen molar-refractivity contribution < 1.29 is 4.57 Å². The molecule has 0 atom stereocenters. The van der Waals surface area contributed by atoms with Gasteiger partial charge in [-0.05, 0) is 31.2 Å². The number of rotatable bonds is 23. The van der Waals surface area contributed by atoms with Crippen molar-refractivity contribution in [3.8, 4) is 0 Å². The van der Waals surface area contributed by atoms with Crippen molar-refractivity contribution in [1.82, 2.24) is 4.57 Å². The van der Waals surface area contributed by atoms with Gasteiger partial charge in [-0.3, -0.25) is 0 Å². The predicted molar refractivity (Wildman–Crippen MR) is 153 cm³/mol. The maximum absolute atomic E-state index is 2.53. The molecule has 0 N–H and O–H groups in total. The van der Waals surface area contributed by atoms with E-state index in [-0.39, 0.29) is 0 Å². The second kappa shape index (κ2) is 20.6. The van der Waals surface area contributed by atoms with E-state index in [1.807, 2.05) is 0 Å². The lowest BCUT2D eigenvalue weighted by Gasteiger charge is -2.07. The predicted octanol–water partition coefficient (Wildman–Crippen LogP) is 9.82. The van der Waals surface area contributed by atoms with Crippen LogP contribution in [0.3, 0.4) is 0 Å². The Hall–Kier alpha value is -1.57. The summed E-state index contributed by atoms with van der Waals surface area (Å²) in [5, 5.41) is 0. The van der Waals surface area contributed by atoms with Gasteiger partial charge in [0.05, 0.1) is 19.5 Å². The first-order chi connectivity index (χ1) is 17.3. The van der Waals surface area contributed by atoms with Crippen LogP contribution in [0.2, 0.25) is 0 Å². The van der Waals surface area contributed by atoms with Gasteiger partial charge in [-0.1, -0.05) is 140 Å². The molecule has 0 aliphatic carbocycles. The van der Waals surface area contributed by atoms with E-state index in [0.717, 1.165) is 13.0 Å². The van der Waals surface area contributed by atoms with Crippen LogP contribution in [-0.4, -0.2) is 4.57 Å². The Morgan fingerprint density at radius 1 is 0.571 bits per heavy atom. The number of aryl methyl sites for hydroxylation is 2. The lowest BCUT2D eigenvalue weighted by atomic mass is 10.0. The molecule has 2 aromatic rings. The lowest BCUT2D eigenvalue weighted by Crippen LogP contribution is -2.37. The molecular formula is C33H57N2+. The molecule has 0 radical (unpaired) electrons. The summed E-state index contributed by atoms with van der Waals surface area (Å²) in [5.74, 6) is 1.48. The molecule has 0 unspecified atom stereocenters. The maximum atomic E-state index is 2.53. The number of hydrogen-bond donors (Lipinski definition) is 0. The van der Waals surface area contributed by atoms with Crippen LogP contribution in [0.5, 0.6) is 0 Å². The van der Waals surface area contributed by atoms with E-state index in [4.69, 9.17) is 0 Å². The average molecular weight is 482 g/mol. The van der Waals surface area contributed by atoms with Crippen molar-refractivity contribution in [1.29, 1.82) is 0 Å². The Morgan fingerprint density at radius 2 is 1.06 bits per heavy atom. The number of nitrogens with zero attached hydrogens (tertiary/aromatic N) is 2. The quantitative estimate of drug-likeness (QED) is 0.110. The van der Waals surface area contributed by atoms with Gasteiger partial charge >= 0.3 is 0 Å². The largest absolute Gasteiger partial charge is 0.260 e. The Labute approximate surface area is 218 Å². The minimum atomic E-state index is 1.04. The van der Waals surface area contributed by atoms with Crippen LogP contribution in [0.4, 0.5) is 0 Å². The van der Waals surface area contributed by atoms with Crippen LogP contribution in [-0.2, 0) is 19.5 Å². The lowest BCUT2D eigenvalue weighted by molar-refractivity contribution is -0.703. The fourth-order valence-corrected chi connectivity index (χ4v) is 5.25. The molecule has 2 nitrogen and oxygen atoms in total. The molecule has 0 spiro atoms. The van der Waals surface area contributed by atoms with Crippen molar-refractivity contribution in [3.05, 3.63) is 54.1 Å². The first kappa shape index (κ1) is 29.7. The Bertz CT molecular complexity index is 718. The van der Waals surface area contributed by atoms with Gasteiger partial charge in [0.15, 0.2) is 0 Å². The molecule has 0 bridgehead atoms. The second-order valence-corrected chi connectivity index (χ2v) is 10.8. The highest BCUT2D eigenvalue weighted by Gasteiger charge is 2.17. The summed E-state index contributed by atoms with van der Waals surface area (Å²) < 4.78 is 5.04. The maximum Gasteiger partial charge on any atom is 0.260 e. The second-order valence-electron chi connectivity index (χ2n) is 10.8. The van der Waals surface area contributed by atoms with Gasteiger partial charge in [0.2, 0.25) is 0 Å². The molecule has 0 fully saturated rings. The first-order valence-corrected chi connectivity index (χ1v) is 15.5. The standard InChI is InChI=1S/C33H57N2/c1-3-5-7-8-9-10-11-12-13-14-15-16-17-18-19-24-28-35-30-29-34(27-23-6-4-2)33(35)31-32-25-21-20-22-26-32/h20-22,25-26,29-30H,3-19,23-24,27-28,31H2,1-2H3/q+1. The smallest absolute Gasteiger partial charge is 0.234 e. The van der Waals surface area contributed by atoms with Crippen LogP contribution in [0, 0.1) is 0 Å². The topological polar surface area (TPSA) is 8.81 Å². The zero-order chi connectivity index (χ0) is 24.8. The summed E-state index contributed by atoms with van der Waals surface area (Å²) in [6.45, 7) is 6.91. The zero-order valence-electron chi connectivity index (χ0n) is 23.5. The number of unbranched alkanes of at least 4 members (excludes halogenated alkanes) is 17. The van der Waals surface area contributed by atoms with Crippen molar-refractivity contribution in [2.24, 2.45) is 0 Å². The van der Waals surface area contributed by atoms with E-state index in [1.165, 1.54) is 140 Å². The molecule has 2 rings (SSSR count). The Kier molecular flexibility index (Phi) is 17.5. The van der Waals surface area contributed by atoms with E-state index in [1.54, 1.807) is 0 Å². The number of aromatic nitrogens is 2. The third-order valence-corrected chi connectivity index (χ3v) is 7.55. The molecule has 0 aliphatic heterocycles. The van der Waals surface area contributed by atoms with E-state index >= 15 is 0 Å². The normalized spacial score (nSPS) is 11.4. The third kappa shape index (κ3) is 13.9. The Morgan fingerprint density at radius 3 is 1.60 bits per heavy atom. The van der Waals surface area contributed by atoms with Crippen molar-refractivity contribution in [3.63, 3.8) is 0 Å². The van der Waals surface area contributed by atoms with Crippen molar-refractivity contribution in [2.45, 2.75) is 155 Å². The van der Waals surface area contributed by atoms with Crippen molar-refractivity contribution >= 4 is 0 Å². The van der Waals surface area contributed by atoms with Crippen molar-refractivity contribution in [2.75, 3.05) is 0 Å². The fraction of sp³-hybridized carbons (Fsp3) is 0.727. The highest BCUT2D eigenvalue weighted by Crippen LogP contribution is 2.14. The number of benzene rings is 1. The molecule has 198 valence electrons. The fourth-order valence-electron chi connectivity index (χ4n) is 5.25. The first-order valence-electron chi connectivity index (χ1n) is 15.5. The van der Waals surface area contributed by atoms with Gasteiger partial charge in [0.25, 0.3) is 5.82 Å².